The maximum Gasteiger partial charge on any atom is 0.240 e. The lowest BCUT2D eigenvalue weighted by atomic mass is 10.3. The fourth-order valence-corrected chi connectivity index (χ4v) is 2.38. The molecule has 0 amide bonds. The van der Waals surface area contributed by atoms with Gasteiger partial charge in [-0.1, -0.05) is 17.3 Å². The Labute approximate surface area is 122 Å². The molecule has 1 aliphatic carbocycles. The van der Waals surface area contributed by atoms with E-state index in [-0.39, 0.29) is 0 Å². The molecule has 1 aliphatic rings. The summed E-state index contributed by atoms with van der Waals surface area (Å²) in [4.78, 5) is 12.2. The topological polar surface area (TPSA) is 79.6 Å². The number of fused-ring (bicyclic) bond motifs is 1. The summed E-state index contributed by atoms with van der Waals surface area (Å²) in [6.45, 7) is 1.69. The Morgan fingerprint density at radius 1 is 1.24 bits per heavy atom. The summed E-state index contributed by atoms with van der Waals surface area (Å²) < 4.78 is 5.25. The zero-order valence-electron chi connectivity index (χ0n) is 11.7. The average molecular weight is 283 g/mol. The number of hydrogen-bond donors (Lipinski definition) is 2. The molecular formula is C15H17N5O. The van der Waals surface area contributed by atoms with Crippen LogP contribution in [0.2, 0.25) is 0 Å². The van der Waals surface area contributed by atoms with Crippen molar-refractivity contribution in [1.82, 2.24) is 25.4 Å². The molecule has 0 spiro atoms. The first-order chi connectivity index (χ1) is 10.4. The second-order valence-electron chi connectivity index (χ2n) is 5.56. The van der Waals surface area contributed by atoms with E-state index in [1.807, 2.05) is 24.3 Å². The largest absolute Gasteiger partial charge is 0.342 e. The zero-order chi connectivity index (χ0) is 14.1. The van der Waals surface area contributed by atoms with Crippen molar-refractivity contribution < 1.29 is 4.52 Å². The Kier molecular flexibility index (Phi) is 3.16. The molecule has 0 unspecified atom stereocenters. The van der Waals surface area contributed by atoms with Crippen LogP contribution >= 0.6 is 0 Å². The smallest absolute Gasteiger partial charge is 0.240 e. The minimum absolute atomic E-state index is 0.556. The van der Waals surface area contributed by atoms with E-state index in [2.05, 4.69) is 25.4 Å². The quantitative estimate of drug-likeness (QED) is 0.723. The summed E-state index contributed by atoms with van der Waals surface area (Å²) in [7, 11) is 0. The molecule has 4 rings (SSSR count). The molecule has 6 nitrogen and oxygen atoms in total. The first kappa shape index (κ1) is 12.5. The molecule has 1 aromatic carbocycles. The van der Waals surface area contributed by atoms with Crippen LogP contribution in [0.4, 0.5) is 0 Å². The van der Waals surface area contributed by atoms with Gasteiger partial charge < -0.3 is 14.8 Å². The molecule has 0 radical (unpaired) electrons. The van der Waals surface area contributed by atoms with Gasteiger partial charge in [-0.15, -0.1) is 0 Å². The fraction of sp³-hybridized carbons (Fsp3) is 0.400. The van der Waals surface area contributed by atoms with Crippen molar-refractivity contribution in [1.29, 1.82) is 0 Å². The minimum Gasteiger partial charge on any atom is -0.342 e. The highest BCUT2D eigenvalue weighted by Gasteiger charge is 2.20. The lowest BCUT2D eigenvalue weighted by molar-refractivity contribution is 0.362. The van der Waals surface area contributed by atoms with Crippen LogP contribution in [0.15, 0.2) is 28.8 Å². The van der Waals surface area contributed by atoms with Gasteiger partial charge in [-0.3, -0.25) is 0 Å². The third-order valence-corrected chi connectivity index (χ3v) is 3.68. The Morgan fingerprint density at radius 3 is 3.00 bits per heavy atom. The van der Waals surface area contributed by atoms with E-state index in [0.717, 1.165) is 29.3 Å². The SMILES string of the molecule is c1ccc2[nH]c(Cc3noc(CNCC4CC4)n3)nc2c1. The summed E-state index contributed by atoms with van der Waals surface area (Å²) in [5, 5.41) is 7.35. The number of hydrogen-bond acceptors (Lipinski definition) is 5. The van der Waals surface area contributed by atoms with Crippen LogP contribution < -0.4 is 5.32 Å². The molecule has 0 atom stereocenters. The molecule has 21 heavy (non-hydrogen) atoms. The van der Waals surface area contributed by atoms with Crippen LogP contribution in [0.25, 0.3) is 11.0 Å². The monoisotopic (exact) mass is 283 g/mol. The lowest BCUT2D eigenvalue weighted by Crippen LogP contribution is -2.16. The summed E-state index contributed by atoms with van der Waals surface area (Å²) in [6, 6.07) is 7.96. The van der Waals surface area contributed by atoms with Gasteiger partial charge in [0.05, 0.1) is 24.0 Å². The molecule has 2 heterocycles. The third kappa shape index (κ3) is 2.95. The van der Waals surface area contributed by atoms with Crippen LogP contribution in [-0.4, -0.2) is 26.7 Å². The zero-order valence-corrected chi connectivity index (χ0v) is 11.7. The van der Waals surface area contributed by atoms with E-state index < -0.39 is 0 Å². The Hall–Kier alpha value is -2.21. The van der Waals surface area contributed by atoms with Gasteiger partial charge in [0, 0.05) is 0 Å². The summed E-state index contributed by atoms with van der Waals surface area (Å²) in [5.41, 5.74) is 1.99. The molecule has 1 saturated carbocycles. The highest BCUT2D eigenvalue weighted by Crippen LogP contribution is 2.27. The number of nitrogens with one attached hydrogen (secondary N) is 2. The van der Waals surface area contributed by atoms with E-state index >= 15 is 0 Å². The average Bonchev–Trinajstić information content (AvgIpc) is 3.06. The molecule has 108 valence electrons. The van der Waals surface area contributed by atoms with Crippen molar-refractivity contribution in [2.75, 3.05) is 6.54 Å². The first-order valence-corrected chi connectivity index (χ1v) is 7.32. The van der Waals surface area contributed by atoms with Gasteiger partial charge in [-0.05, 0) is 37.4 Å². The molecule has 0 aliphatic heterocycles. The van der Waals surface area contributed by atoms with E-state index in [4.69, 9.17) is 4.52 Å². The molecule has 6 heteroatoms. The van der Waals surface area contributed by atoms with Crippen LogP contribution in [0.3, 0.4) is 0 Å². The number of benzene rings is 1. The Balaban J connectivity index is 1.40. The van der Waals surface area contributed by atoms with E-state index in [1.54, 1.807) is 0 Å². The van der Waals surface area contributed by atoms with Crippen LogP contribution in [0.1, 0.15) is 30.4 Å². The molecule has 2 N–H and O–H groups in total. The van der Waals surface area contributed by atoms with Gasteiger partial charge in [0.2, 0.25) is 5.89 Å². The number of aromatic nitrogens is 4. The maximum absolute atomic E-state index is 5.25. The second-order valence-corrected chi connectivity index (χ2v) is 5.56. The van der Waals surface area contributed by atoms with Gasteiger partial charge in [-0.2, -0.15) is 4.98 Å². The van der Waals surface area contributed by atoms with Crippen molar-refractivity contribution in [3.8, 4) is 0 Å². The summed E-state index contributed by atoms with van der Waals surface area (Å²) >= 11 is 0. The third-order valence-electron chi connectivity index (χ3n) is 3.68. The minimum atomic E-state index is 0.556. The molecule has 2 aromatic heterocycles. The van der Waals surface area contributed by atoms with Crippen molar-refractivity contribution in [2.45, 2.75) is 25.8 Å². The van der Waals surface area contributed by atoms with E-state index in [9.17, 15) is 0 Å². The van der Waals surface area contributed by atoms with Crippen molar-refractivity contribution in [3.05, 3.63) is 41.8 Å². The summed E-state index contributed by atoms with van der Waals surface area (Å²) in [6.07, 6.45) is 3.24. The molecular weight excluding hydrogens is 266 g/mol. The summed E-state index contributed by atoms with van der Waals surface area (Å²) in [5.74, 6) is 3.01. The Morgan fingerprint density at radius 2 is 2.14 bits per heavy atom. The van der Waals surface area contributed by atoms with Gasteiger partial charge in [-0.25, -0.2) is 4.98 Å². The van der Waals surface area contributed by atoms with Gasteiger partial charge >= 0.3 is 0 Å². The van der Waals surface area contributed by atoms with E-state index in [1.165, 1.54) is 12.8 Å². The van der Waals surface area contributed by atoms with E-state index in [0.29, 0.717) is 24.7 Å². The molecule has 0 bridgehead atoms. The first-order valence-electron chi connectivity index (χ1n) is 7.32. The predicted octanol–water partition coefficient (Wildman–Crippen LogP) is 2.04. The number of H-pyrrole nitrogens is 1. The molecule has 1 fully saturated rings. The van der Waals surface area contributed by atoms with Crippen molar-refractivity contribution in [2.24, 2.45) is 5.92 Å². The standard InChI is InChI=1S/C15H17N5O/c1-2-4-12-11(3-1)17-13(18-12)7-14-19-15(21-20-14)9-16-8-10-5-6-10/h1-4,10,16H,5-9H2,(H,17,18). The van der Waals surface area contributed by atoms with Crippen molar-refractivity contribution in [3.63, 3.8) is 0 Å². The number of aromatic amines is 1. The van der Waals surface area contributed by atoms with Crippen LogP contribution in [-0.2, 0) is 13.0 Å². The van der Waals surface area contributed by atoms with Gasteiger partial charge in [0.15, 0.2) is 5.82 Å². The predicted molar refractivity (Wildman–Crippen MR) is 77.6 cm³/mol. The highest BCUT2D eigenvalue weighted by atomic mass is 16.5. The molecule has 3 aromatic rings. The van der Waals surface area contributed by atoms with Crippen molar-refractivity contribution >= 4 is 11.0 Å². The number of imidazole rings is 1. The maximum atomic E-state index is 5.25. The normalized spacial score (nSPS) is 14.9. The van der Waals surface area contributed by atoms with Gasteiger partial charge in [0.1, 0.15) is 5.82 Å². The number of rotatable bonds is 6. The number of nitrogens with zero attached hydrogens (tertiary/aromatic N) is 3. The fourth-order valence-electron chi connectivity index (χ4n) is 2.38. The van der Waals surface area contributed by atoms with Crippen LogP contribution in [0.5, 0.6) is 0 Å². The highest BCUT2D eigenvalue weighted by molar-refractivity contribution is 5.74. The van der Waals surface area contributed by atoms with Gasteiger partial charge in [0.25, 0.3) is 0 Å². The molecule has 0 saturated heterocycles. The number of para-hydroxylation sites is 2. The Bertz CT molecular complexity index is 710. The van der Waals surface area contributed by atoms with Crippen LogP contribution in [0, 0.1) is 5.92 Å². The lowest BCUT2D eigenvalue weighted by Gasteiger charge is -1.97. The second kappa shape index (κ2) is 5.29.